The molecule has 21 heavy (non-hydrogen) atoms. The Balaban J connectivity index is 2.14. The maximum atomic E-state index is 12.7. The van der Waals surface area contributed by atoms with E-state index in [2.05, 4.69) is 10.3 Å². The van der Waals surface area contributed by atoms with Gasteiger partial charge in [0, 0.05) is 12.4 Å². The first-order valence-corrected chi connectivity index (χ1v) is 6.26. The topological polar surface area (TPSA) is 42.0 Å². The first kappa shape index (κ1) is 15.0. The first-order chi connectivity index (χ1) is 9.88. The van der Waals surface area contributed by atoms with Crippen molar-refractivity contribution in [1.29, 1.82) is 0 Å². The van der Waals surface area contributed by atoms with E-state index in [1.807, 2.05) is 0 Å². The summed E-state index contributed by atoms with van der Waals surface area (Å²) in [4.78, 5) is 15.8. The number of hydrogen-bond acceptors (Lipinski definition) is 2. The van der Waals surface area contributed by atoms with Crippen molar-refractivity contribution < 1.29 is 18.0 Å². The van der Waals surface area contributed by atoms with E-state index in [9.17, 15) is 18.0 Å². The highest BCUT2D eigenvalue weighted by Gasteiger charge is 2.30. The molecule has 0 spiro atoms. The third kappa shape index (κ3) is 3.81. The Hall–Kier alpha value is -2.37. The number of aromatic nitrogens is 1. The van der Waals surface area contributed by atoms with Gasteiger partial charge in [-0.3, -0.25) is 9.78 Å². The molecule has 0 aliphatic carbocycles. The number of nitrogens with one attached hydrogen (secondary N) is 1. The molecule has 1 aromatic carbocycles. The van der Waals surface area contributed by atoms with Crippen molar-refractivity contribution >= 4 is 5.91 Å². The molecule has 0 unspecified atom stereocenters. The van der Waals surface area contributed by atoms with Crippen molar-refractivity contribution in [2.24, 2.45) is 0 Å². The van der Waals surface area contributed by atoms with Crippen LogP contribution < -0.4 is 5.32 Å². The first-order valence-electron chi connectivity index (χ1n) is 6.26. The van der Waals surface area contributed by atoms with E-state index < -0.39 is 17.8 Å². The van der Waals surface area contributed by atoms with Crippen molar-refractivity contribution in [2.75, 3.05) is 0 Å². The van der Waals surface area contributed by atoms with Gasteiger partial charge in [0.2, 0.25) is 0 Å². The zero-order valence-electron chi connectivity index (χ0n) is 11.2. The van der Waals surface area contributed by atoms with E-state index in [0.29, 0.717) is 11.1 Å². The van der Waals surface area contributed by atoms with Crippen LogP contribution in [0.5, 0.6) is 0 Å². The van der Waals surface area contributed by atoms with Crippen molar-refractivity contribution in [2.45, 2.75) is 19.1 Å². The lowest BCUT2D eigenvalue weighted by atomic mass is 10.0. The van der Waals surface area contributed by atoms with Gasteiger partial charge in [0.05, 0.1) is 17.2 Å². The lowest BCUT2D eigenvalue weighted by Gasteiger charge is -2.16. The smallest absolute Gasteiger partial charge is 0.345 e. The summed E-state index contributed by atoms with van der Waals surface area (Å²) in [5, 5.41) is 2.64. The molecule has 2 rings (SSSR count). The molecule has 0 radical (unpaired) electrons. The number of halogens is 3. The average Bonchev–Trinajstić information content (AvgIpc) is 2.47. The number of pyridine rings is 1. The van der Waals surface area contributed by atoms with Crippen LogP contribution in [-0.4, -0.2) is 10.9 Å². The predicted molar refractivity (Wildman–Crippen MR) is 71.6 cm³/mol. The van der Waals surface area contributed by atoms with Gasteiger partial charge in [-0.1, -0.05) is 12.1 Å². The molecule has 0 aliphatic rings. The van der Waals surface area contributed by atoms with Crippen LogP contribution in [0, 0.1) is 0 Å². The van der Waals surface area contributed by atoms with Crippen LogP contribution in [0.15, 0.2) is 48.8 Å². The largest absolute Gasteiger partial charge is 0.416 e. The molecule has 110 valence electrons. The quantitative estimate of drug-likeness (QED) is 0.940. The van der Waals surface area contributed by atoms with Crippen LogP contribution in [0.2, 0.25) is 0 Å². The van der Waals surface area contributed by atoms with E-state index in [1.165, 1.54) is 18.5 Å². The molecule has 1 N–H and O–H groups in total. The summed E-state index contributed by atoms with van der Waals surface area (Å²) in [7, 11) is 0. The molecular weight excluding hydrogens is 281 g/mol. The molecule has 0 bridgehead atoms. The number of carbonyl (C=O) groups is 1. The fourth-order valence-electron chi connectivity index (χ4n) is 1.84. The fraction of sp³-hybridized carbons (Fsp3) is 0.200. The lowest BCUT2D eigenvalue weighted by molar-refractivity contribution is -0.137. The van der Waals surface area contributed by atoms with Gasteiger partial charge in [-0.15, -0.1) is 0 Å². The SMILES string of the molecule is C[C@H](NC(=O)c1cccnc1)c1cccc(C(F)(F)F)c1. The highest BCUT2D eigenvalue weighted by atomic mass is 19.4. The van der Waals surface area contributed by atoms with Gasteiger partial charge in [-0.2, -0.15) is 13.2 Å². The summed E-state index contributed by atoms with van der Waals surface area (Å²) < 4.78 is 38.0. The molecule has 6 heteroatoms. The number of hydrogen-bond donors (Lipinski definition) is 1. The molecule has 0 saturated carbocycles. The van der Waals surface area contributed by atoms with Crippen LogP contribution >= 0.6 is 0 Å². The Labute approximate surface area is 119 Å². The summed E-state index contributed by atoms with van der Waals surface area (Å²) >= 11 is 0. The summed E-state index contributed by atoms with van der Waals surface area (Å²) in [6.45, 7) is 1.63. The molecule has 1 atom stereocenters. The molecule has 2 aromatic rings. The molecular formula is C15H13F3N2O. The maximum absolute atomic E-state index is 12.7. The van der Waals surface area contributed by atoms with Gasteiger partial charge in [0.15, 0.2) is 0 Å². The van der Waals surface area contributed by atoms with Crippen LogP contribution in [0.1, 0.15) is 34.5 Å². The molecule has 0 fully saturated rings. The molecule has 0 aliphatic heterocycles. The minimum atomic E-state index is -4.40. The minimum absolute atomic E-state index is 0.358. The molecule has 0 saturated heterocycles. The number of benzene rings is 1. The number of alkyl halides is 3. The van der Waals surface area contributed by atoms with Crippen molar-refractivity contribution in [3.05, 3.63) is 65.5 Å². The monoisotopic (exact) mass is 294 g/mol. The Morgan fingerprint density at radius 1 is 1.24 bits per heavy atom. The van der Waals surface area contributed by atoms with Crippen molar-refractivity contribution in [1.82, 2.24) is 10.3 Å². The van der Waals surface area contributed by atoms with Gasteiger partial charge in [-0.05, 0) is 36.8 Å². The van der Waals surface area contributed by atoms with Gasteiger partial charge in [-0.25, -0.2) is 0 Å². The minimum Gasteiger partial charge on any atom is -0.345 e. The standard InChI is InChI=1S/C15H13F3N2O/c1-10(20-14(21)12-5-3-7-19-9-12)11-4-2-6-13(8-11)15(16,17)18/h2-10H,1H3,(H,20,21)/t10-/m0/s1. The Kier molecular flexibility index (Phi) is 4.26. The number of amides is 1. The molecule has 1 aromatic heterocycles. The predicted octanol–water partition coefficient (Wildman–Crippen LogP) is 3.59. The van der Waals surface area contributed by atoms with E-state index in [-0.39, 0.29) is 5.91 Å². The Morgan fingerprint density at radius 2 is 2.00 bits per heavy atom. The van der Waals surface area contributed by atoms with Crippen molar-refractivity contribution in [3.8, 4) is 0 Å². The summed E-state index contributed by atoms with van der Waals surface area (Å²) in [6, 6.07) is 7.56. The zero-order chi connectivity index (χ0) is 15.5. The highest BCUT2D eigenvalue weighted by molar-refractivity contribution is 5.94. The summed E-state index contributed by atoms with van der Waals surface area (Å²) in [6.07, 6.45) is -1.47. The van der Waals surface area contributed by atoms with E-state index in [4.69, 9.17) is 0 Å². The van der Waals surface area contributed by atoms with Gasteiger partial charge < -0.3 is 5.32 Å². The second-order valence-electron chi connectivity index (χ2n) is 4.56. The Bertz CT molecular complexity index is 626. The summed E-state index contributed by atoms with van der Waals surface area (Å²) in [5.74, 6) is -0.381. The van der Waals surface area contributed by atoms with Gasteiger partial charge >= 0.3 is 6.18 Å². The van der Waals surface area contributed by atoms with E-state index in [1.54, 1.807) is 25.1 Å². The normalized spacial score (nSPS) is 12.8. The second-order valence-corrected chi connectivity index (χ2v) is 4.56. The van der Waals surface area contributed by atoms with Crippen LogP contribution in [0.3, 0.4) is 0 Å². The fourth-order valence-corrected chi connectivity index (χ4v) is 1.84. The third-order valence-electron chi connectivity index (χ3n) is 2.99. The number of rotatable bonds is 3. The van der Waals surface area contributed by atoms with Crippen molar-refractivity contribution in [3.63, 3.8) is 0 Å². The van der Waals surface area contributed by atoms with Crippen LogP contribution in [0.25, 0.3) is 0 Å². The molecule has 1 heterocycles. The van der Waals surface area contributed by atoms with E-state index >= 15 is 0 Å². The average molecular weight is 294 g/mol. The van der Waals surface area contributed by atoms with E-state index in [0.717, 1.165) is 12.1 Å². The second kappa shape index (κ2) is 5.95. The lowest BCUT2D eigenvalue weighted by Crippen LogP contribution is -2.26. The van der Waals surface area contributed by atoms with Crippen LogP contribution in [0.4, 0.5) is 13.2 Å². The number of nitrogens with zero attached hydrogens (tertiary/aromatic N) is 1. The van der Waals surface area contributed by atoms with Gasteiger partial charge in [0.25, 0.3) is 5.91 Å². The maximum Gasteiger partial charge on any atom is 0.416 e. The molecule has 3 nitrogen and oxygen atoms in total. The third-order valence-corrected chi connectivity index (χ3v) is 2.99. The number of carbonyl (C=O) groups excluding carboxylic acids is 1. The summed E-state index contributed by atoms with van der Waals surface area (Å²) in [5.41, 5.74) is 0.0147. The van der Waals surface area contributed by atoms with Gasteiger partial charge in [0.1, 0.15) is 0 Å². The van der Waals surface area contributed by atoms with Crippen LogP contribution in [-0.2, 0) is 6.18 Å². The highest BCUT2D eigenvalue weighted by Crippen LogP contribution is 2.30. The molecule has 1 amide bonds. The zero-order valence-corrected chi connectivity index (χ0v) is 11.2. The Morgan fingerprint density at radius 3 is 2.62 bits per heavy atom.